The van der Waals surface area contributed by atoms with E-state index in [1.54, 1.807) is 24.3 Å². The molecule has 0 aromatic heterocycles. The van der Waals surface area contributed by atoms with E-state index in [0.717, 1.165) is 32.2 Å². The molecule has 1 saturated heterocycles. The lowest BCUT2D eigenvalue weighted by Crippen LogP contribution is -2.35. The van der Waals surface area contributed by atoms with Crippen LogP contribution in [-0.2, 0) is 0 Å². The molecule has 0 bridgehead atoms. The predicted molar refractivity (Wildman–Crippen MR) is 72.9 cm³/mol. The highest BCUT2D eigenvalue weighted by Gasteiger charge is 2.17. The van der Waals surface area contributed by atoms with E-state index in [-0.39, 0.29) is 5.91 Å². The van der Waals surface area contributed by atoms with Gasteiger partial charge in [0.15, 0.2) is 0 Å². The first-order valence-electron chi connectivity index (χ1n) is 6.66. The predicted octanol–water partition coefficient (Wildman–Crippen LogP) is 3.15. The molecule has 3 nitrogen and oxygen atoms in total. The summed E-state index contributed by atoms with van der Waals surface area (Å²) in [5.41, 5.74) is 1.18. The van der Waals surface area contributed by atoms with Crippen molar-refractivity contribution in [3.63, 3.8) is 0 Å². The molecule has 98 valence electrons. The van der Waals surface area contributed by atoms with Gasteiger partial charge in [-0.15, -0.1) is 0 Å². The number of amides is 1. The molecule has 3 heteroatoms. The third-order valence-electron chi connectivity index (χ3n) is 2.91. The third kappa shape index (κ3) is 3.69. The van der Waals surface area contributed by atoms with Crippen molar-refractivity contribution in [3.8, 4) is 0 Å². The van der Waals surface area contributed by atoms with Gasteiger partial charge in [-0.05, 0) is 31.4 Å². The van der Waals surface area contributed by atoms with Gasteiger partial charge in [-0.2, -0.15) is 0 Å². The maximum atomic E-state index is 12.1. The smallest absolute Gasteiger partial charge is 0.253 e. The lowest BCUT2D eigenvalue weighted by atomic mass is 10.1. The zero-order valence-corrected chi connectivity index (χ0v) is 11.2. The Morgan fingerprint density at radius 3 is 2.44 bits per heavy atom. The van der Waals surface area contributed by atoms with Crippen LogP contribution in [0.15, 0.2) is 24.3 Å². The molecule has 1 aromatic carbocycles. The second kappa shape index (κ2) is 7.64. The van der Waals surface area contributed by atoms with E-state index in [0.29, 0.717) is 11.1 Å². The summed E-state index contributed by atoms with van der Waals surface area (Å²) in [7, 11) is 0. The Balaban J connectivity index is 0.000000771. The highest BCUT2D eigenvalue weighted by atomic mass is 16.2. The first-order chi connectivity index (χ1) is 8.81. The Labute approximate surface area is 109 Å². The standard InChI is InChI=1S/C13H15NO2.C2H6/c15-10-11-5-4-6-12(9-11)13(16)14-7-2-1-3-8-14;1-2/h4-6,9-10H,1-3,7-8H2;1-2H3. The largest absolute Gasteiger partial charge is 0.339 e. The minimum absolute atomic E-state index is 0.0448. The summed E-state index contributed by atoms with van der Waals surface area (Å²) >= 11 is 0. The number of likely N-dealkylation sites (tertiary alicyclic amines) is 1. The first-order valence-corrected chi connectivity index (χ1v) is 6.66. The Kier molecular flexibility index (Phi) is 6.12. The topological polar surface area (TPSA) is 37.4 Å². The van der Waals surface area contributed by atoms with E-state index in [9.17, 15) is 9.59 Å². The van der Waals surface area contributed by atoms with Crippen molar-refractivity contribution in [1.82, 2.24) is 4.90 Å². The molecule has 0 atom stereocenters. The number of carbonyl (C=O) groups excluding carboxylic acids is 2. The van der Waals surface area contributed by atoms with Crippen LogP contribution in [0.5, 0.6) is 0 Å². The van der Waals surface area contributed by atoms with E-state index in [4.69, 9.17) is 0 Å². The van der Waals surface area contributed by atoms with Crippen molar-refractivity contribution in [3.05, 3.63) is 35.4 Å². The third-order valence-corrected chi connectivity index (χ3v) is 2.91. The highest BCUT2D eigenvalue weighted by Crippen LogP contribution is 2.13. The number of rotatable bonds is 2. The number of hydrogen-bond donors (Lipinski definition) is 0. The van der Waals surface area contributed by atoms with Crippen LogP contribution in [0.1, 0.15) is 53.8 Å². The monoisotopic (exact) mass is 247 g/mol. The number of aldehydes is 1. The average molecular weight is 247 g/mol. The molecular weight excluding hydrogens is 226 g/mol. The fourth-order valence-electron chi connectivity index (χ4n) is 2.02. The first kappa shape index (κ1) is 14.4. The van der Waals surface area contributed by atoms with Gasteiger partial charge in [-0.25, -0.2) is 0 Å². The molecule has 0 saturated carbocycles. The van der Waals surface area contributed by atoms with Crippen molar-refractivity contribution >= 4 is 12.2 Å². The van der Waals surface area contributed by atoms with Crippen molar-refractivity contribution in [2.45, 2.75) is 33.1 Å². The Hall–Kier alpha value is -1.64. The quantitative estimate of drug-likeness (QED) is 0.753. The van der Waals surface area contributed by atoms with E-state index in [2.05, 4.69) is 0 Å². The van der Waals surface area contributed by atoms with Gasteiger partial charge in [0.05, 0.1) is 0 Å². The second-order valence-electron chi connectivity index (χ2n) is 4.10. The van der Waals surface area contributed by atoms with Crippen molar-refractivity contribution in [2.75, 3.05) is 13.1 Å². The zero-order chi connectivity index (χ0) is 13.4. The van der Waals surface area contributed by atoms with Crippen molar-refractivity contribution in [2.24, 2.45) is 0 Å². The SMILES string of the molecule is CC.O=Cc1cccc(C(=O)N2CCCCC2)c1. The van der Waals surface area contributed by atoms with Crippen LogP contribution in [-0.4, -0.2) is 30.2 Å². The summed E-state index contributed by atoms with van der Waals surface area (Å²) in [6, 6.07) is 6.88. The molecule has 1 aliphatic heterocycles. The van der Waals surface area contributed by atoms with Gasteiger partial charge in [-0.3, -0.25) is 9.59 Å². The summed E-state index contributed by atoms with van der Waals surface area (Å²) in [4.78, 5) is 24.6. The summed E-state index contributed by atoms with van der Waals surface area (Å²) in [5, 5.41) is 0. The van der Waals surface area contributed by atoms with E-state index in [1.807, 2.05) is 18.7 Å². The van der Waals surface area contributed by atoms with E-state index >= 15 is 0 Å². The molecule has 1 aliphatic rings. The Morgan fingerprint density at radius 1 is 1.17 bits per heavy atom. The van der Waals surface area contributed by atoms with Crippen LogP contribution in [0.25, 0.3) is 0 Å². The molecule has 0 radical (unpaired) electrons. The normalized spacial score (nSPS) is 14.4. The van der Waals surface area contributed by atoms with Gasteiger partial charge in [0, 0.05) is 24.2 Å². The van der Waals surface area contributed by atoms with Gasteiger partial charge in [-0.1, -0.05) is 26.0 Å². The molecule has 1 fully saturated rings. The van der Waals surface area contributed by atoms with Gasteiger partial charge in [0.2, 0.25) is 0 Å². The highest BCUT2D eigenvalue weighted by molar-refractivity contribution is 5.95. The van der Waals surface area contributed by atoms with E-state index < -0.39 is 0 Å². The van der Waals surface area contributed by atoms with Crippen LogP contribution < -0.4 is 0 Å². The number of piperidine rings is 1. The second-order valence-corrected chi connectivity index (χ2v) is 4.10. The molecule has 18 heavy (non-hydrogen) atoms. The van der Waals surface area contributed by atoms with Gasteiger partial charge < -0.3 is 4.90 Å². The molecule has 0 aliphatic carbocycles. The molecule has 0 N–H and O–H groups in total. The van der Waals surface area contributed by atoms with E-state index in [1.165, 1.54) is 6.42 Å². The molecule has 0 unspecified atom stereocenters. The lowest BCUT2D eigenvalue weighted by Gasteiger charge is -2.26. The zero-order valence-electron chi connectivity index (χ0n) is 11.2. The lowest BCUT2D eigenvalue weighted by molar-refractivity contribution is 0.0724. The Morgan fingerprint density at radius 2 is 1.83 bits per heavy atom. The minimum atomic E-state index is 0.0448. The van der Waals surface area contributed by atoms with Gasteiger partial charge in [0.1, 0.15) is 6.29 Å². The van der Waals surface area contributed by atoms with Crippen LogP contribution in [0, 0.1) is 0 Å². The molecule has 0 spiro atoms. The minimum Gasteiger partial charge on any atom is -0.339 e. The summed E-state index contributed by atoms with van der Waals surface area (Å²) in [5.74, 6) is 0.0448. The summed E-state index contributed by atoms with van der Waals surface area (Å²) in [6.45, 7) is 5.67. The fraction of sp³-hybridized carbons (Fsp3) is 0.467. The number of hydrogen-bond acceptors (Lipinski definition) is 2. The van der Waals surface area contributed by atoms with Crippen LogP contribution in [0.4, 0.5) is 0 Å². The molecule has 1 amide bonds. The maximum absolute atomic E-state index is 12.1. The molecule has 2 rings (SSSR count). The maximum Gasteiger partial charge on any atom is 0.253 e. The molecule has 1 heterocycles. The Bertz CT molecular complexity index is 395. The van der Waals surface area contributed by atoms with Crippen LogP contribution in [0.3, 0.4) is 0 Å². The van der Waals surface area contributed by atoms with Crippen molar-refractivity contribution < 1.29 is 9.59 Å². The number of carbonyl (C=O) groups is 2. The van der Waals surface area contributed by atoms with Crippen LogP contribution in [0.2, 0.25) is 0 Å². The number of nitrogens with zero attached hydrogens (tertiary/aromatic N) is 1. The molecule has 1 aromatic rings. The summed E-state index contributed by atoms with van der Waals surface area (Å²) in [6.07, 6.45) is 4.14. The fourth-order valence-corrected chi connectivity index (χ4v) is 2.02. The molecular formula is C15H21NO2. The van der Waals surface area contributed by atoms with Crippen molar-refractivity contribution in [1.29, 1.82) is 0 Å². The van der Waals surface area contributed by atoms with Gasteiger partial charge in [0.25, 0.3) is 5.91 Å². The average Bonchev–Trinajstić information content (AvgIpc) is 2.49. The summed E-state index contributed by atoms with van der Waals surface area (Å²) < 4.78 is 0. The van der Waals surface area contributed by atoms with Crippen LogP contribution >= 0.6 is 0 Å². The van der Waals surface area contributed by atoms with Gasteiger partial charge >= 0.3 is 0 Å². The number of benzene rings is 1.